The number of aryl methyl sites for hydroxylation is 1. The molecule has 5 rings (SSSR count). The molecule has 1 saturated carbocycles. The van der Waals surface area contributed by atoms with Crippen LogP contribution in [-0.4, -0.2) is 35.4 Å². The third-order valence-electron chi connectivity index (χ3n) is 5.72. The number of nitrogens with one attached hydrogen (secondary N) is 1. The predicted octanol–water partition coefficient (Wildman–Crippen LogP) is 3.84. The number of hydrogen-bond donors (Lipinski definition) is 1. The smallest absolute Gasteiger partial charge is 0.252 e. The molecule has 0 radical (unpaired) electrons. The highest BCUT2D eigenvalue weighted by Crippen LogP contribution is 2.35. The summed E-state index contributed by atoms with van der Waals surface area (Å²) >= 11 is 0. The summed E-state index contributed by atoms with van der Waals surface area (Å²) in [5.74, 6) is 0.606. The van der Waals surface area contributed by atoms with E-state index in [1.807, 2.05) is 41.9 Å². The first-order valence-electron chi connectivity index (χ1n) is 10.6. The first-order valence-corrected chi connectivity index (χ1v) is 10.6. The molecule has 1 aliphatic rings. The number of carbonyl (C=O) groups is 1. The molecule has 0 saturated heterocycles. The van der Waals surface area contributed by atoms with Crippen LogP contribution in [-0.2, 0) is 6.54 Å². The molecule has 8 nitrogen and oxygen atoms in total. The minimum absolute atomic E-state index is 0.130. The predicted molar refractivity (Wildman–Crippen MR) is 118 cm³/mol. The molecule has 1 aromatic carbocycles. The van der Waals surface area contributed by atoms with E-state index >= 15 is 0 Å². The average molecular weight is 416 g/mol. The van der Waals surface area contributed by atoms with Gasteiger partial charge in [0.05, 0.1) is 29.4 Å². The Bertz CT molecular complexity index is 1270. The number of fused-ring (bicyclic) bond motifs is 1. The topological polar surface area (TPSA) is 90.5 Å². The van der Waals surface area contributed by atoms with E-state index in [0.717, 1.165) is 40.9 Å². The Morgan fingerprint density at radius 1 is 1.26 bits per heavy atom. The normalized spacial score (nSPS) is 13.8. The highest BCUT2D eigenvalue weighted by atomic mass is 16.1. The Balaban J connectivity index is 1.54. The molecule has 1 aliphatic carbocycles. The third kappa shape index (κ3) is 3.58. The van der Waals surface area contributed by atoms with Crippen molar-refractivity contribution in [1.29, 1.82) is 0 Å². The van der Waals surface area contributed by atoms with Crippen molar-refractivity contribution in [3.05, 3.63) is 59.8 Å². The van der Waals surface area contributed by atoms with Crippen molar-refractivity contribution in [1.82, 2.24) is 34.8 Å². The van der Waals surface area contributed by atoms with Gasteiger partial charge in [-0.3, -0.25) is 4.79 Å². The molecule has 1 N–H and O–H groups in total. The maximum absolute atomic E-state index is 13.3. The van der Waals surface area contributed by atoms with E-state index < -0.39 is 0 Å². The zero-order chi connectivity index (χ0) is 21.5. The van der Waals surface area contributed by atoms with Crippen molar-refractivity contribution in [2.45, 2.75) is 52.2 Å². The lowest BCUT2D eigenvalue weighted by Gasteiger charge is -2.12. The van der Waals surface area contributed by atoms with Crippen LogP contribution in [0.4, 0.5) is 0 Å². The van der Waals surface area contributed by atoms with Gasteiger partial charge >= 0.3 is 0 Å². The molecule has 3 aromatic heterocycles. The van der Waals surface area contributed by atoms with Crippen LogP contribution in [0.2, 0.25) is 0 Å². The standard InChI is InChI=1S/C23H25N7O/c1-14(2)30-22-19(11-26-30)18(10-20(27-22)17-7-5-4-6-15(17)3)23(31)24-12-21-28-25-13-29(21)16-8-9-16/h4-7,10-11,13-14,16H,8-9,12H2,1-3H3,(H,24,31). The second-order valence-electron chi connectivity index (χ2n) is 8.36. The number of aromatic nitrogens is 6. The van der Waals surface area contributed by atoms with Crippen molar-refractivity contribution in [2.24, 2.45) is 0 Å². The van der Waals surface area contributed by atoms with Crippen molar-refractivity contribution < 1.29 is 4.79 Å². The highest BCUT2D eigenvalue weighted by molar-refractivity contribution is 6.06. The fraction of sp³-hybridized carbons (Fsp3) is 0.348. The molecule has 4 aromatic rings. The van der Waals surface area contributed by atoms with E-state index in [1.165, 1.54) is 0 Å². The van der Waals surface area contributed by atoms with E-state index in [4.69, 9.17) is 4.98 Å². The summed E-state index contributed by atoms with van der Waals surface area (Å²) in [4.78, 5) is 18.1. The van der Waals surface area contributed by atoms with Gasteiger partial charge < -0.3 is 9.88 Å². The lowest BCUT2D eigenvalue weighted by molar-refractivity contribution is 0.0951. The summed E-state index contributed by atoms with van der Waals surface area (Å²) in [7, 11) is 0. The Morgan fingerprint density at radius 2 is 2.06 bits per heavy atom. The Morgan fingerprint density at radius 3 is 2.81 bits per heavy atom. The van der Waals surface area contributed by atoms with Crippen LogP contribution >= 0.6 is 0 Å². The molecule has 158 valence electrons. The van der Waals surface area contributed by atoms with Gasteiger partial charge in [0.15, 0.2) is 11.5 Å². The molecule has 0 unspecified atom stereocenters. The summed E-state index contributed by atoms with van der Waals surface area (Å²) in [6, 6.07) is 10.5. The molecule has 8 heteroatoms. The number of rotatable bonds is 6. The maximum Gasteiger partial charge on any atom is 0.252 e. The maximum atomic E-state index is 13.3. The van der Waals surface area contributed by atoms with Crippen LogP contribution in [0.3, 0.4) is 0 Å². The van der Waals surface area contributed by atoms with Gasteiger partial charge in [-0.05, 0) is 45.2 Å². The van der Waals surface area contributed by atoms with E-state index in [-0.39, 0.29) is 11.9 Å². The third-order valence-corrected chi connectivity index (χ3v) is 5.72. The van der Waals surface area contributed by atoms with Gasteiger partial charge in [-0.1, -0.05) is 24.3 Å². The Labute approximate surface area is 180 Å². The summed E-state index contributed by atoms with van der Waals surface area (Å²) < 4.78 is 3.91. The zero-order valence-electron chi connectivity index (χ0n) is 17.9. The SMILES string of the molecule is Cc1ccccc1-c1cc(C(=O)NCc2nncn2C2CC2)c2cnn(C(C)C)c2n1. The average Bonchev–Trinajstić information content (AvgIpc) is 3.33. The fourth-order valence-electron chi connectivity index (χ4n) is 3.89. The minimum Gasteiger partial charge on any atom is -0.345 e. The van der Waals surface area contributed by atoms with Gasteiger partial charge in [-0.2, -0.15) is 5.10 Å². The van der Waals surface area contributed by atoms with Crippen LogP contribution in [0, 0.1) is 6.92 Å². The molecule has 3 heterocycles. The van der Waals surface area contributed by atoms with E-state index in [1.54, 1.807) is 12.5 Å². The summed E-state index contributed by atoms with van der Waals surface area (Å²) in [6.07, 6.45) is 5.74. The van der Waals surface area contributed by atoms with Crippen molar-refractivity contribution in [2.75, 3.05) is 0 Å². The fourth-order valence-corrected chi connectivity index (χ4v) is 3.89. The molecular formula is C23H25N7O. The molecule has 0 bridgehead atoms. The van der Waals surface area contributed by atoms with Gasteiger partial charge in [0.1, 0.15) is 6.33 Å². The molecule has 31 heavy (non-hydrogen) atoms. The first kappa shape index (κ1) is 19.4. The molecular weight excluding hydrogens is 390 g/mol. The summed E-state index contributed by atoms with van der Waals surface area (Å²) in [5, 5.41) is 16.4. The van der Waals surface area contributed by atoms with Crippen LogP contribution in [0.5, 0.6) is 0 Å². The highest BCUT2D eigenvalue weighted by Gasteiger charge is 2.26. The van der Waals surface area contributed by atoms with Crippen molar-refractivity contribution in [3.8, 4) is 11.3 Å². The molecule has 1 fully saturated rings. The monoisotopic (exact) mass is 415 g/mol. The number of benzene rings is 1. The lowest BCUT2D eigenvalue weighted by atomic mass is 10.0. The number of amides is 1. The van der Waals surface area contributed by atoms with Crippen LogP contribution in [0.15, 0.2) is 42.9 Å². The van der Waals surface area contributed by atoms with E-state index in [0.29, 0.717) is 23.8 Å². The van der Waals surface area contributed by atoms with Gasteiger partial charge in [0.25, 0.3) is 5.91 Å². The second-order valence-corrected chi connectivity index (χ2v) is 8.36. The second kappa shape index (κ2) is 7.61. The molecule has 0 spiro atoms. The van der Waals surface area contributed by atoms with Crippen LogP contribution in [0.1, 0.15) is 60.5 Å². The minimum atomic E-state index is -0.170. The number of carbonyl (C=O) groups excluding carboxylic acids is 1. The number of nitrogens with zero attached hydrogens (tertiary/aromatic N) is 6. The van der Waals surface area contributed by atoms with Gasteiger partial charge in [-0.15, -0.1) is 10.2 Å². The quantitative estimate of drug-likeness (QED) is 0.517. The Hall–Kier alpha value is -3.55. The lowest BCUT2D eigenvalue weighted by Crippen LogP contribution is -2.25. The molecule has 0 aliphatic heterocycles. The first-order chi connectivity index (χ1) is 15.0. The van der Waals surface area contributed by atoms with Crippen LogP contribution in [0.25, 0.3) is 22.3 Å². The van der Waals surface area contributed by atoms with Gasteiger partial charge in [0, 0.05) is 17.6 Å². The molecule has 0 atom stereocenters. The van der Waals surface area contributed by atoms with Crippen molar-refractivity contribution >= 4 is 16.9 Å². The largest absolute Gasteiger partial charge is 0.345 e. The number of hydrogen-bond acceptors (Lipinski definition) is 5. The van der Waals surface area contributed by atoms with Crippen molar-refractivity contribution in [3.63, 3.8) is 0 Å². The number of pyridine rings is 1. The van der Waals surface area contributed by atoms with E-state index in [2.05, 4.69) is 39.0 Å². The zero-order valence-corrected chi connectivity index (χ0v) is 17.9. The van der Waals surface area contributed by atoms with Gasteiger partial charge in [-0.25, -0.2) is 9.67 Å². The molecule has 1 amide bonds. The van der Waals surface area contributed by atoms with E-state index in [9.17, 15) is 4.79 Å². The Kier molecular flexibility index (Phi) is 4.77. The summed E-state index contributed by atoms with van der Waals surface area (Å²) in [5.41, 5.74) is 4.14. The van der Waals surface area contributed by atoms with Gasteiger partial charge in [0.2, 0.25) is 0 Å². The van der Waals surface area contributed by atoms with Crippen LogP contribution < -0.4 is 5.32 Å². The summed E-state index contributed by atoms with van der Waals surface area (Å²) in [6.45, 7) is 6.49.